The van der Waals surface area contributed by atoms with E-state index in [0.717, 1.165) is 18.4 Å². The molecule has 0 aromatic carbocycles. The number of hydrogen-bond acceptors (Lipinski definition) is 3. The van der Waals surface area contributed by atoms with Gasteiger partial charge >= 0.3 is 0 Å². The molecule has 1 N–H and O–H groups in total. The van der Waals surface area contributed by atoms with Gasteiger partial charge in [0.2, 0.25) is 0 Å². The molecule has 0 radical (unpaired) electrons. The fourth-order valence-electron chi connectivity index (χ4n) is 4.11. The summed E-state index contributed by atoms with van der Waals surface area (Å²) in [5.74, 6) is 3.05. The van der Waals surface area contributed by atoms with Crippen LogP contribution in [0.15, 0.2) is 12.3 Å². The number of hydrogen-bond donors (Lipinski definition) is 1. The Morgan fingerprint density at radius 1 is 1.41 bits per heavy atom. The van der Waals surface area contributed by atoms with Crippen molar-refractivity contribution >= 4 is 11.5 Å². The predicted octanol–water partition coefficient (Wildman–Crippen LogP) is 2.42. The van der Waals surface area contributed by atoms with E-state index in [1.54, 1.807) is 0 Å². The highest BCUT2D eigenvalue weighted by molar-refractivity contribution is 5.72. The summed E-state index contributed by atoms with van der Waals surface area (Å²) in [7, 11) is 0. The zero-order chi connectivity index (χ0) is 11.4. The number of aromatic nitrogens is 1. The lowest BCUT2D eigenvalue weighted by Crippen LogP contribution is -2.43. The number of fused-ring (bicyclic) bond motifs is 5. The zero-order valence-corrected chi connectivity index (χ0v) is 10.3. The molecule has 2 aliphatic heterocycles. The number of rotatable bonds is 0. The van der Waals surface area contributed by atoms with Gasteiger partial charge in [-0.15, -0.1) is 0 Å². The lowest BCUT2D eigenvalue weighted by Gasteiger charge is -2.36. The predicted molar refractivity (Wildman–Crippen MR) is 69.4 cm³/mol. The molecule has 90 valence electrons. The average molecular weight is 229 g/mol. The van der Waals surface area contributed by atoms with Crippen LogP contribution in [0.4, 0.5) is 11.5 Å². The first-order chi connectivity index (χ1) is 8.34. The lowest BCUT2D eigenvalue weighted by molar-refractivity contribution is 0.428. The van der Waals surface area contributed by atoms with E-state index in [0.29, 0.717) is 6.04 Å². The summed E-state index contributed by atoms with van der Waals surface area (Å²) in [5, 5.41) is 3.61. The number of anilines is 2. The Balaban J connectivity index is 1.76. The molecule has 3 atom stereocenters. The highest BCUT2D eigenvalue weighted by Gasteiger charge is 2.46. The molecule has 1 aromatic rings. The minimum atomic E-state index is 0.698. The molecular weight excluding hydrogens is 210 g/mol. The van der Waals surface area contributed by atoms with E-state index in [-0.39, 0.29) is 0 Å². The van der Waals surface area contributed by atoms with Crippen molar-refractivity contribution in [3.05, 3.63) is 17.8 Å². The summed E-state index contributed by atoms with van der Waals surface area (Å²) in [6.07, 6.45) is 6.24. The fraction of sp³-hybridized carbons (Fsp3) is 0.643. The molecule has 3 heteroatoms. The van der Waals surface area contributed by atoms with Crippen molar-refractivity contribution in [3.63, 3.8) is 0 Å². The number of pyridine rings is 1. The van der Waals surface area contributed by atoms with Gasteiger partial charge < -0.3 is 10.2 Å². The third-order valence-corrected chi connectivity index (χ3v) is 4.94. The van der Waals surface area contributed by atoms with Gasteiger partial charge in [0, 0.05) is 19.3 Å². The number of nitrogens with one attached hydrogen (secondary N) is 1. The van der Waals surface area contributed by atoms with Crippen molar-refractivity contribution < 1.29 is 0 Å². The smallest absolute Gasteiger partial charge is 0.152 e. The normalized spacial score (nSPS) is 33.9. The van der Waals surface area contributed by atoms with Gasteiger partial charge in [-0.2, -0.15) is 0 Å². The second kappa shape index (κ2) is 3.37. The fourth-order valence-corrected chi connectivity index (χ4v) is 4.11. The molecule has 3 nitrogen and oxygen atoms in total. The summed E-state index contributed by atoms with van der Waals surface area (Å²) in [6.45, 7) is 4.52. The van der Waals surface area contributed by atoms with Crippen LogP contribution >= 0.6 is 0 Å². The third kappa shape index (κ3) is 1.25. The lowest BCUT2D eigenvalue weighted by atomic mass is 9.93. The molecule has 2 fully saturated rings. The summed E-state index contributed by atoms with van der Waals surface area (Å²) in [5.41, 5.74) is 2.59. The second-order valence-corrected chi connectivity index (χ2v) is 5.78. The zero-order valence-electron chi connectivity index (χ0n) is 10.3. The summed E-state index contributed by atoms with van der Waals surface area (Å²) in [6, 6.07) is 2.80. The molecule has 3 heterocycles. The van der Waals surface area contributed by atoms with Crippen LogP contribution in [-0.4, -0.2) is 24.1 Å². The highest BCUT2D eigenvalue weighted by atomic mass is 15.3. The van der Waals surface area contributed by atoms with E-state index in [4.69, 9.17) is 0 Å². The minimum Gasteiger partial charge on any atom is -0.380 e. The Hall–Kier alpha value is -1.25. The molecule has 1 saturated carbocycles. The molecular formula is C14H19N3. The van der Waals surface area contributed by atoms with Crippen LogP contribution in [0.5, 0.6) is 0 Å². The molecule has 3 unspecified atom stereocenters. The van der Waals surface area contributed by atoms with Gasteiger partial charge in [-0.3, -0.25) is 0 Å². The highest BCUT2D eigenvalue weighted by Crippen LogP contribution is 2.47. The van der Waals surface area contributed by atoms with Crippen molar-refractivity contribution in [2.45, 2.75) is 32.2 Å². The van der Waals surface area contributed by atoms with Crippen molar-refractivity contribution in [3.8, 4) is 0 Å². The topological polar surface area (TPSA) is 28.2 Å². The standard InChI is InChI=1S/C14H19N3/c1-9-5-6-15-14-13(9)16-7-12-11-4-2-3-10(11)8-17(12)14/h5-6,10-12,16H,2-4,7-8H2,1H3. The van der Waals surface area contributed by atoms with Crippen LogP contribution in [0.2, 0.25) is 0 Å². The average Bonchev–Trinajstić information content (AvgIpc) is 2.89. The Labute approximate surface area is 102 Å². The number of nitrogens with zero attached hydrogens (tertiary/aromatic N) is 2. The van der Waals surface area contributed by atoms with Crippen molar-refractivity contribution in [2.75, 3.05) is 23.3 Å². The summed E-state index contributed by atoms with van der Waals surface area (Å²) < 4.78 is 0. The van der Waals surface area contributed by atoms with E-state index in [9.17, 15) is 0 Å². The first kappa shape index (κ1) is 9.75. The van der Waals surface area contributed by atoms with Crippen LogP contribution in [0.3, 0.4) is 0 Å². The molecule has 1 aromatic heterocycles. The van der Waals surface area contributed by atoms with Crippen molar-refractivity contribution in [2.24, 2.45) is 11.8 Å². The Morgan fingerprint density at radius 2 is 2.35 bits per heavy atom. The quantitative estimate of drug-likeness (QED) is 0.740. The monoisotopic (exact) mass is 229 g/mol. The molecule has 17 heavy (non-hydrogen) atoms. The maximum Gasteiger partial charge on any atom is 0.152 e. The minimum absolute atomic E-state index is 0.698. The van der Waals surface area contributed by atoms with Crippen LogP contribution in [0.1, 0.15) is 24.8 Å². The Kier molecular flexibility index (Phi) is 1.93. The Bertz CT molecular complexity index is 457. The molecule has 0 amide bonds. The summed E-state index contributed by atoms with van der Waals surface area (Å²) in [4.78, 5) is 7.19. The van der Waals surface area contributed by atoms with Gasteiger partial charge in [0.1, 0.15) is 0 Å². The van der Waals surface area contributed by atoms with E-state index >= 15 is 0 Å². The Morgan fingerprint density at radius 3 is 3.29 bits per heavy atom. The van der Waals surface area contributed by atoms with E-state index < -0.39 is 0 Å². The van der Waals surface area contributed by atoms with Crippen molar-refractivity contribution in [1.29, 1.82) is 0 Å². The molecule has 0 bridgehead atoms. The molecule has 1 aliphatic carbocycles. The SMILES string of the molecule is Cc1ccnc2c1NCC1C3CCCC3CN21. The van der Waals surface area contributed by atoms with Gasteiger partial charge in [-0.25, -0.2) is 4.98 Å². The molecule has 3 aliphatic rings. The first-order valence-corrected chi connectivity index (χ1v) is 6.81. The van der Waals surface area contributed by atoms with Gasteiger partial charge in [0.15, 0.2) is 5.82 Å². The molecule has 1 saturated heterocycles. The van der Waals surface area contributed by atoms with Crippen LogP contribution in [0.25, 0.3) is 0 Å². The van der Waals surface area contributed by atoms with Gasteiger partial charge in [-0.1, -0.05) is 6.42 Å². The van der Waals surface area contributed by atoms with Crippen LogP contribution in [0, 0.1) is 18.8 Å². The summed E-state index contributed by atoms with van der Waals surface area (Å²) >= 11 is 0. The van der Waals surface area contributed by atoms with E-state index in [1.165, 1.54) is 42.9 Å². The van der Waals surface area contributed by atoms with Gasteiger partial charge in [0.25, 0.3) is 0 Å². The van der Waals surface area contributed by atoms with Crippen LogP contribution < -0.4 is 10.2 Å². The third-order valence-electron chi connectivity index (χ3n) is 4.94. The van der Waals surface area contributed by atoms with Gasteiger partial charge in [-0.05, 0) is 43.2 Å². The van der Waals surface area contributed by atoms with E-state index in [2.05, 4.69) is 28.2 Å². The molecule has 4 rings (SSSR count). The maximum absolute atomic E-state index is 4.61. The first-order valence-electron chi connectivity index (χ1n) is 6.81. The van der Waals surface area contributed by atoms with Crippen molar-refractivity contribution in [1.82, 2.24) is 4.98 Å². The van der Waals surface area contributed by atoms with Gasteiger partial charge in [0.05, 0.1) is 11.7 Å². The maximum atomic E-state index is 4.61. The molecule has 0 spiro atoms. The number of aryl methyl sites for hydroxylation is 1. The van der Waals surface area contributed by atoms with E-state index in [1.807, 2.05) is 6.20 Å². The van der Waals surface area contributed by atoms with Crippen LogP contribution in [-0.2, 0) is 0 Å². The largest absolute Gasteiger partial charge is 0.380 e. The second-order valence-electron chi connectivity index (χ2n) is 5.78.